The molecule has 3 nitrogen and oxygen atoms in total. The van der Waals surface area contributed by atoms with Crippen molar-refractivity contribution < 1.29 is 9.64 Å². The van der Waals surface area contributed by atoms with Gasteiger partial charge in [0.05, 0.1) is 32.7 Å². The maximum atomic E-state index is 5.92. The summed E-state index contributed by atoms with van der Waals surface area (Å²) in [6.07, 6.45) is 0. The van der Waals surface area contributed by atoms with Gasteiger partial charge in [-0.1, -0.05) is 54.7 Å². The van der Waals surface area contributed by atoms with Crippen LogP contribution in [0.25, 0.3) is 0 Å². The van der Waals surface area contributed by atoms with Crippen LogP contribution in [0.3, 0.4) is 0 Å². The van der Waals surface area contributed by atoms with Crippen LogP contribution in [0.2, 0.25) is 0 Å². The van der Waals surface area contributed by atoms with Crippen LogP contribution in [-0.2, 0) is 6.61 Å². The van der Waals surface area contributed by atoms with Crippen molar-refractivity contribution in [3.05, 3.63) is 65.7 Å². The van der Waals surface area contributed by atoms with Crippen LogP contribution in [0.1, 0.15) is 18.1 Å². The predicted molar refractivity (Wildman–Crippen MR) is 102 cm³/mol. The summed E-state index contributed by atoms with van der Waals surface area (Å²) >= 11 is 5.71. The second-order valence-electron chi connectivity index (χ2n) is 6.20. The standard InChI is InChI=1S/C20H24N2OS/c1-2-21-11-13-22(14-12-21)20(24)18-9-6-10-19(15-18)23-16-17-7-4-3-5-8-17/h3-10,15H,2,11-14,16H2,1H3/p+1. The topological polar surface area (TPSA) is 16.9 Å². The quantitative estimate of drug-likeness (QED) is 0.840. The van der Waals surface area contributed by atoms with Crippen LogP contribution in [0.4, 0.5) is 0 Å². The molecule has 2 aromatic carbocycles. The molecule has 0 amide bonds. The van der Waals surface area contributed by atoms with E-state index in [0.29, 0.717) is 6.61 Å². The highest BCUT2D eigenvalue weighted by atomic mass is 32.1. The van der Waals surface area contributed by atoms with E-state index in [1.54, 1.807) is 4.90 Å². The SMILES string of the molecule is CC[NH+]1CCN(C(=S)c2cccc(OCc3ccccc3)c2)CC1. The number of rotatable bonds is 5. The minimum Gasteiger partial charge on any atom is -0.489 e. The molecular weight excluding hydrogens is 316 g/mol. The van der Waals surface area contributed by atoms with E-state index in [-0.39, 0.29) is 0 Å². The molecule has 0 radical (unpaired) electrons. The molecule has 4 heteroatoms. The van der Waals surface area contributed by atoms with Crippen LogP contribution in [0.15, 0.2) is 54.6 Å². The van der Waals surface area contributed by atoms with Crippen molar-refractivity contribution in [3.63, 3.8) is 0 Å². The fourth-order valence-corrected chi connectivity index (χ4v) is 3.33. The van der Waals surface area contributed by atoms with Gasteiger partial charge in [0.25, 0.3) is 0 Å². The van der Waals surface area contributed by atoms with Crippen molar-refractivity contribution in [1.29, 1.82) is 0 Å². The Kier molecular flexibility index (Phi) is 5.83. The third kappa shape index (κ3) is 4.34. The zero-order valence-corrected chi connectivity index (χ0v) is 15.0. The average Bonchev–Trinajstić information content (AvgIpc) is 2.67. The molecule has 2 aromatic rings. The van der Waals surface area contributed by atoms with E-state index < -0.39 is 0 Å². The first kappa shape index (κ1) is 16.9. The van der Waals surface area contributed by atoms with E-state index >= 15 is 0 Å². The third-order valence-electron chi connectivity index (χ3n) is 4.59. The molecule has 0 spiro atoms. The number of nitrogens with one attached hydrogen (secondary N) is 1. The van der Waals surface area contributed by atoms with Gasteiger partial charge in [0.2, 0.25) is 0 Å². The van der Waals surface area contributed by atoms with Gasteiger partial charge in [-0.3, -0.25) is 0 Å². The Balaban J connectivity index is 1.61. The van der Waals surface area contributed by atoms with Gasteiger partial charge in [0, 0.05) is 5.56 Å². The lowest BCUT2D eigenvalue weighted by Crippen LogP contribution is -3.14. The molecule has 0 bridgehead atoms. The van der Waals surface area contributed by atoms with E-state index in [0.717, 1.165) is 29.4 Å². The van der Waals surface area contributed by atoms with Gasteiger partial charge in [-0.15, -0.1) is 0 Å². The largest absolute Gasteiger partial charge is 0.489 e. The maximum absolute atomic E-state index is 5.92. The highest BCUT2D eigenvalue weighted by molar-refractivity contribution is 7.80. The molecule has 3 rings (SSSR count). The number of hydrogen-bond donors (Lipinski definition) is 1. The van der Waals surface area contributed by atoms with Crippen molar-refractivity contribution in [2.45, 2.75) is 13.5 Å². The van der Waals surface area contributed by atoms with E-state index in [1.165, 1.54) is 25.2 Å². The number of ether oxygens (including phenoxy) is 1. The lowest BCUT2D eigenvalue weighted by Gasteiger charge is -2.33. The molecule has 0 unspecified atom stereocenters. The molecule has 1 heterocycles. The highest BCUT2D eigenvalue weighted by Gasteiger charge is 2.21. The van der Waals surface area contributed by atoms with Gasteiger partial charge < -0.3 is 14.5 Å². The minimum absolute atomic E-state index is 0.579. The number of hydrogen-bond acceptors (Lipinski definition) is 2. The molecule has 1 saturated heterocycles. The molecular formula is C20H25N2OS+. The fourth-order valence-electron chi connectivity index (χ4n) is 3.02. The van der Waals surface area contributed by atoms with Crippen LogP contribution < -0.4 is 9.64 Å². The Labute approximate surface area is 149 Å². The second-order valence-corrected chi connectivity index (χ2v) is 6.58. The van der Waals surface area contributed by atoms with Gasteiger partial charge in [-0.2, -0.15) is 0 Å². The summed E-state index contributed by atoms with van der Waals surface area (Å²) < 4.78 is 5.92. The Morgan fingerprint density at radius 1 is 1.08 bits per heavy atom. The van der Waals surface area contributed by atoms with Crippen molar-refractivity contribution in [2.75, 3.05) is 32.7 Å². The Hall–Kier alpha value is -1.91. The molecule has 0 aliphatic carbocycles. The predicted octanol–water partition coefficient (Wildman–Crippen LogP) is 2.16. The lowest BCUT2D eigenvalue weighted by molar-refractivity contribution is -0.902. The lowest BCUT2D eigenvalue weighted by atomic mass is 10.2. The molecule has 1 fully saturated rings. The zero-order valence-electron chi connectivity index (χ0n) is 14.2. The average molecular weight is 342 g/mol. The molecule has 0 saturated carbocycles. The Morgan fingerprint density at radius 3 is 2.54 bits per heavy atom. The first-order valence-corrected chi connectivity index (χ1v) is 9.06. The number of quaternary nitrogens is 1. The fraction of sp³-hybridized carbons (Fsp3) is 0.350. The zero-order chi connectivity index (χ0) is 16.8. The number of likely N-dealkylation sites (N-methyl/N-ethyl adjacent to an activating group) is 1. The number of piperazine rings is 1. The molecule has 126 valence electrons. The van der Waals surface area contributed by atoms with E-state index in [1.807, 2.05) is 30.3 Å². The van der Waals surface area contributed by atoms with E-state index in [2.05, 4.69) is 36.1 Å². The molecule has 1 N–H and O–H groups in total. The number of benzene rings is 2. The van der Waals surface area contributed by atoms with Crippen molar-refractivity contribution in [2.24, 2.45) is 0 Å². The molecule has 24 heavy (non-hydrogen) atoms. The molecule has 0 atom stereocenters. The van der Waals surface area contributed by atoms with Crippen LogP contribution in [0.5, 0.6) is 5.75 Å². The molecule has 0 aromatic heterocycles. The van der Waals surface area contributed by atoms with Crippen molar-refractivity contribution >= 4 is 17.2 Å². The highest BCUT2D eigenvalue weighted by Crippen LogP contribution is 2.17. The van der Waals surface area contributed by atoms with Crippen molar-refractivity contribution in [3.8, 4) is 5.75 Å². The van der Waals surface area contributed by atoms with Crippen LogP contribution in [0, 0.1) is 0 Å². The van der Waals surface area contributed by atoms with Crippen LogP contribution >= 0.6 is 12.2 Å². The Morgan fingerprint density at radius 2 is 1.83 bits per heavy atom. The Bertz CT molecular complexity index is 666. The summed E-state index contributed by atoms with van der Waals surface area (Å²) in [5.74, 6) is 0.872. The number of nitrogens with zero attached hydrogens (tertiary/aromatic N) is 1. The first-order valence-electron chi connectivity index (χ1n) is 8.66. The summed E-state index contributed by atoms with van der Waals surface area (Å²) in [7, 11) is 0. The summed E-state index contributed by atoms with van der Waals surface area (Å²) in [5, 5.41) is 0. The van der Waals surface area contributed by atoms with E-state index in [9.17, 15) is 0 Å². The minimum atomic E-state index is 0.579. The molecule has 1 aliphatic rings. The number of thiocarbonyl (C=S) groups is 1. The van der Waals surface area contributed by atoms with Gasteiger partial charge in [0.15, 0.2) is 0 Å². The summed E-state index contributed by atoms with van der Waals surface area (Å²) in [6, 6.07) is 18.4. The normalized spacial score (nSPS) is 15.3. The van der Waals surface area contributed by atoms with Gasteiger partial charge >= 0.3 is 0 Å². The first-order chi connectivity index (χ1) is 11.8. The maximum Gasteiger partial charge on any atom is 0.120 e. The van der Waals surface area contributed by atoms with Gasteiger partial charge in [-0.05, 0) is 24.6 Å². The summed E-state index contributed by atoms with van der Waals surface area (Å²) in [5.41, 5.74) is 2.25. The molecule has 1 aliphatic heterocycles. The van der Waals surface area contributed by atoms with Gasteiger partial charge in [0.1, 0.15) is 17.3 Å². The summed E-state index contributed by atoms with van der Waals surface area (Å²) in [4.78, 5) is 4.93. The van der Waals surface area contributed by atoms with Gasteiger partial charge in [-0.25, -0.2) is 0 Å². The van der Waals surface area contributed by atoms with E-state index in [4.69, 9.17) is 17.0 Å². The van der Waals surface area contributed by atoms with Crippen LogP contribution in [-0.4, -0.2) is 42.6 Å². The van der Waals surface area contributed by atoms with Crippen molar-refractivity contribution in [1.82, 2.24) is 4.90 Å². The smallest absolute Gasteiger partial charge is 0.120 e. The third-order valence-corrected chi connectivity index (χ3v) is 5.08. The summed E-state index contributed by atoms with van der Waals surface area (Å²) in [6.45, 7) is 8.44. The monoisotopic (exact) mass is 341 g/mol. The second kappa shape index (κ2) is 8.27.